The van der Waals surface area contributed by atoms with Crippen LogP contribution in [0.15, 0.2) is 36.4 Å². The molecule has 0 aliphatic rings. The van der Waals surface area contributed by atoms with Crippen LogP contribution in [-0.2, 0) is 13.2 Å². The van der Waals surface area contributed by atoms with E-state index in [-0.39, 0.29) is 13.2 Å². The zero-order valence-corrected chi connectivity index (χ0v) is 12.6. The molecule has 4 nitrogen and oxygen atoms in total. The summed E-state index contributed by atoms with van der Waals surface area (Å²) in [5, 5.41) is 19.0. The van der Waals surface area contributed by atoms with Crippen molar-refractivity contribution in [1.82, 2.24) is 4.98 Å². The van der Waals surface area contributed by atoms with Crippen LogP contribution in [0.5, 0.6) is 0 Å². The third kappa shape index (κ3) is 3.80. The van der Waals surface area contributed by atoms with Crippen LogP contribution >= 0.6 is 0 Å². The SMILES string of the molecule is Cc1cc(C)c(CO)c(N(CCO)Cc2ccccc2)n1. The van der Waals surface area contributed by atoms with Gasteiger partial charge in [-0.2, -0.15) is 0 Å². The Kier molecular flexibility index (Phi) is 5.31. The quantitative estimate of drug-likeness (QED) is 0.854. The molecule has 2 N–H and O–H groups in total. The first-order valence-corrected chi connectivity index (χ1v) is 7.13. The molecule has 1 heterocycles. The molecule has 0 radical (unpaired) electrons. The van der Waals surface area contributed by atoms with Gasteiger partial charge in [0, 0.05) is 24.3 Å². The molecule has 0 saturated heterocycles. The molecule has 0 spiro atoms. The van der Waals surface area contributed by atoms with Crippen molar-refractivity contribution in [3.05, 3.63) is 58.8 Å². The zero-order chi connectivity index (χ0) is 15.2. The molecule has 0 amide bonds. The largest absolute Gasteiger partial charge is 0.395 e. The zero-order valence-electron chi connectivity index (χ0n) is 12.6. The molecule has 0 atom stereocenters. The molecular formula is C17H22N2O2. The van der Waals surface area contributed by atoms with Gasteiger partial charge in [-0.15, -0.1) is 0 Å². The van der Waals surface area contributed by atoms with Crippen LogP contribution in [0.1, 0.15) is 22.4 Å². The minimum atomic E-state index is -0.0504. The average molecular weight is 286 g/mol. The maximum atomic E-state index is 9.64. The van der Waals surface area contributed by atoms with E-state index < -0.39 is 0 Å². The number of aryl methyl sites for hydroxylation is 2. The molecular weight excluding hydrogens is 264 g/mol. The average Bonchev–Trinajstić information content (AvgIpc) is 2.47. The van der Waals surface area contributed by atoms with Crippen LogP contribution < -0.4 is 4.90 Å². The second kappa shape index (κ2) is 7.20. The Morgan fingerprint density at radius 1 is 1.10 bits per heavy atom. The Morgan fingerprint density at radius 2 is 1.81 bits per heavy atom. The maximum Gasteiger partial charge on any atom is 0.135 e. The van der Waals surface area contributed by atoms with Gasteiger partial charge in [-0.3, -0.25) is 0 Å². The van der Waals surface area contributed by atoms with E-state index in [1.54, 1.807) is 0 Å². The van der Waals surface area contributed by atoms with Gasteiger partial charge in [0.25, 0.3) is 0 Å². The Hall–Kier alpha value is -1.91. The fourth-order valence-electron chi connectivity index (χ4n) is 2.48. The molecule has 112 valence electrons. The highest BCUT2D eigenvalue weighted by molar-refractivity contribution is 5.51. The van der Waals surface area contributed by atoms with Crippen LogP contribution in [0.3, 0.4) is 0 Å². The molecule has 0 aliphatic carbocycles. The van der Waals surface area contributed by atoms with Gasteiger partial charge < -0.3 is 15.1 Å². The Balaban J connectivity index is 2.38. The fraction of sp³-hybridized carbons (Fsp3) is 0.353. The number of aromatic nitrogens is 1. The summed E-state index contributed by atoms with van der Waals surface area (Å²) < 4.78 is 0. The Morgan fingerprint density at radius 3 is 2.43 bits per heavy atom. The number of aliphatic hydroxyl groups is 2. The maximum absolute atomic E-state index is 9.64. The number of benzene rings is 1. The predicted octanol–water partition coefficient (Wildman–Crippen LogP) is 2.19. The lowest BCUT2D eigenvalue weighted by Gasteiger charge is -2.26. The summed E-state index contributed by atoms with van der Waals surface area (Å²) in [6.07, 6.45) is 0. The second-order valence-corrected chi connectivity index (χ2v) is 5.17. The van der Waals surface area contributed by atoms with Crippen LogP contribution in [0, 0.1) is 13.8 Å². The van der Waals surface area contributed by atoms with Crippen molar-refractivity contribution >= 4 is 5.82 Å². The lowest BCUT2D eigenvalue weighted by molar-refractivity contribution is 0.279. The second-order valence-electron chi connectivity index (χ2n) is 5.17. The molecule has 0 fully saturated rings. The first kappa shape index (κ1) is 15.5. The minimum absolute atomic E-state index is 0.0480. The van der Waals surface area contributed by atoms with E-state index in [0.29, 0.717) is 13.1 Å². The summed E-state index contributed by atoms with van der Waals surface area (Å²) in [4.78, 5) is 6.59. The fourth-order valence-corrected chi connectivity index (χ4v) is 2.48. The first-order valence-electron chi connectivity index (χ1n) is 7.13. The van der Waals surface area contributed by atoms with Gasteiger partial charge in [0.15, 0.2) is 0 Å². The number of hydrogen-bond acceptors (Lipinski definition) is 4. The highest BCUT2D eigenvalue weighted by atomic mass is 16.3. The number of pyridine rings is 1. The van der Waals surface area contributed by atoms with Crippen LogP contribution in [0.2, 0.25) is 0 Å². The normalized spacial score (nSPS) is 10.7. The molecule has 2 aromatic rings. The summed E-state index contributed by atoms with van der Waals surface area (Å²) >= 11 is 0. The van der Waals surface area contributed by atoms with E-state index in [4.69, 9.17) is 0 Å². The van der Waals surface area contributed by atoms with E-state index in [1.807, 2.05) is 55.1 Å². The Labute approximate surface area is 125 Å². The number of anilines is 1. The third-order valence-corrected chi connectivity index (χ3v) is 3.50. The van der Waals surface area contributed by atoms with Gasteiger partial charge in [-0.1, -0.05) is 30.3 Å². The highest BCUT2D eigenvalue weighted by Crippen LogP contribution is 2.24. The van der Waals surface area contributed by atoms with Gasteiger partial charge in [0.1, 0.15) is 5.82 Å². The summed E-state index contributed by atoms with van der Waals surface area (Å²) in [5.41, 5.74) is 3.91. The van der Waals surface area contributed by atoms with Crippen molar-refractivity contribution in [2.45, 2.75) is 27.0 Å². The Bertz CT molecular complexity index is 585. The van der Waals surface area contributed by atoms with E-state index in [1.165, 1.54) is 0 Å². The molecule has 0 aliphatic heterocycles. The molecule has 2 rings (SSSR count). The molecule has 1 aromatic carbocycles. The summed E-state index contributed by atoms with van der Waals surface area (Å²) in [7, 11) is 0. The van der Waals surface area contributed by atoms with Crippen molar-refractivity contribution in [2.24, 2.45) is 0 Å². The van der Waals surface area contributed by atoms with Crippen molar-refractivity contribution in [3.8, 4) is 0 Å². The monoisotopic (exact) mass is 286 g/mol. The molecule has 0 unspecified atom stereocenters. The molecule has 0 saturated carbocycles. The van der Waals surface area contributed by atoms with Gasteiger partial charge in [-0.25, -0.2) is 4.98 Å². The standard InChI is InChI=1S/C17H22N2O2/c1-13-10-14(2)18-17(16(13)12-21)19(8-9-20)11-15-6-4-3-5-7-15/h3-7,10,20-21H,8-9,11-12H2,1-2H3. The van der Waals surface area contributed by atoms with E-state index in [2.05, 4.69) is 4.98 Å². The highest BCUT2D eigenvalue weighted by Gasteiger charge is 2.15. The summed E-state index contributed by atoms with van der Waals surface area (Å²) in [6, 6.07) is 12.0. The topological polar surface area (TPSA) is 56.6 Å². The number of hydrogen-bond donors (Lipinski definition) is 2. The van der Waals surface area contributed by atoms with Crippen LogP contribution in [-0.4, -0.2) is 28.3 Å². The van der Waals surface area contributed by atoms with E-state index in [0.717, 1.165) is 28.2 Å². The van der Waals surface area contributed by atoms with E-state index >= 15 is 0 Å². The van der Waals surface area contributed by atoms with Crippen molar-refractivity contribution in [2.75, 3.05) is 18.1 Å². The van der Waals surface area contributed by atoms with Crippen molar-refractivity contribution in [1.29, 1.82) is 0 Å². The summed E-state index contributed by atoms with van der Waals surface area (Å²) in [6.45, 7) is 5.06. The van der Waals surface area contributed by atoms with E-state index in [9.17, 15) is 10.2 Å². The lowest BCUT2D eigenvalue weighted by Crippen LogP contribution is -2.28. The molecule has 4 heteroatoms. The molecule has 1 aromatic heterocycles. The minimum Gasteiger partial charge on any atom is -0.395 e. The smallest absolute Gasteiger partial charge is 0.135 e. The number of aliphatic hydroxyl groups excluding tert-OH is 2. The predicted molar refractivity (Wildman–Crippen MR) is 84.2 cm³/mol. The van der Waals surface area contributed by atoms with Crippen molar-refractivity contribution < 1.29 is 10.2 Å². The van der Waals surface area contributed by atoms with Crippen LogP contribution in [0.25, 0.3) is 0 Å². The van der Waals surface area contributed by atoms with Crippen LogP contribution in [0.4, 0.5) is 5.82 Å². The third-order valence-electron chi connectivity index (χ3n) is 3.50. The lowest BCUT2D eigenvalue weighted by atomic mass is 10.1. The molecule has 21 heavy (non-hydrogen) atoms. The van der Waals surface area contributed by atoms with Gasteiger partial charge in [-0.05, 0) is 31.0 Å². The number of rotatable bonds is 6. The van der Waals surface area contributed by atoms with Gasteiger partial charge in [0.05, 0.1) is 13.2 Å². The van der Waals surface area contributed by atoms with Crippen molar-refractivity contribution in [3.63, 3.8) is 0 Å². The number of nitrogens with zero attached hydrogens (tertiary/aromatic N) is 2. The van der Waals surface area contributed by atoms with Gasteiger partial charge in [0.2, 0.25) is 0 Å². The van der Waals surface area contributed by atoms with Gasteiger partial charge >= 0.3 is 0 Å². The summed E-state index contributed by atoms with van der Waals surface area (Å²) in [5.74, 6) is 0.757. The molecule has 0 bridgehead atoms. The first-order chi connectivity index (χ1) is 10.2.